The fourth-order valence-corrected chi connectivity index (χ4v) is 1.82. The molecular weight excluding hydrogens is 192 g/mol. The highest BCUT2D eigenvalue weighted by Gasteiger charge is 2.26. The van der Waals surface area contributed by atoms with Crippen LogP contribution in [0.25, 0.3) is 0 Å². The molecule has 1 unspecified atom stereocenters. The van der Waals surface area contributed by atoms with Gasteiger partial charge in [0.15, 0.2) is 6.10 Å². The van der Waals surface area contributed by atoms with Crippen LogP contribution in [-0.4, -0.2) is 24.7 Å². The number of methoxy groups -OCH3 is 1. The number of cyclic esters (lactones) is 1. The first-order valence-corrected chi connectivity index (χ1v) is 4.55. The van der Waals surface area contributed by atoms with Crippen LogP contribution in [0, 0.1) is 0 Å². The van der Waals surface area contributed by atoms with Gasteiger partial charge in [0.25, 0.3) is 5.19 Å². The molecule has 1 aliphatic rings. The molecule has 0 bridgehead atoms. The third-order valence-electron chi connectivity index (χ3n) is 1.68. The fourth-order valence-electron chi connectivity index (χ4n) is 1.06. The summed E-state index contributed by atoms with van der Waals surface area (Å²) in [4.78, 5) is 15.6. The SMILES string of the molecule is COc1ncc(C2CNC(=O)O2)s1. The topological polar surface area (TPSA) is 60.5 Å². The lowest BCUT2D eigenvalue weighted by atomic mass is 10.3. The number of ether oxygens (including phenoxy) is 2. The molecule has 0 saturated carbocycles. The molecule has 70 valence electrons. The van der Waals surface area contributed by atoms with E-state index in [4.69, 9.17) is 9.47 Å². The molecular formula is C7H8N2O3S. The van der Waals surface area contributed by atoms with Crippen molar-refractivity contribution in [3.05, 3.63) is 11.1 Å². The summed E-state index contributed by atoms with van der Waals surface area (Å²) < 4.78 is 9.90. The van der Waals surface area contributed by atoms with Gasteiger partial charge in [-0.25, -0.2) is 9.78 Å². The Balaban J connectivity index is 2.12. The fraction of sp³-hybridized carbons (Fsp3) is 0.429. The average molecular weight is 200 g/mol. The molecule has 2 heterocycles. The summed E-state index contributed by atoms with van der Waals surface area (Å²) in [5, 5.41) is 3.15. The van der Waals surface area contributed by atoms with Gasteiger partial charge >= 0.3 is 6.09 Å². The molecule has 1 aromatic rings. The predicted molar refractivity (Wildman–Crippen MR) is 45.9 cm³/mol. The molecule has 0 aliphatic carbocycles. The molecule has 1 amide bonds. The quantitative estimate of drug-likeness (QED) is 0.771. The van der Waals surface area contributed by atoms with Crippen molar-refractivity contribution in [3.8, 4) is 5.19 Å². The maximum atomic E-state index is 10.7. The summed E-state index contributed by atoms with van der Waals surface area (Å²) in [5.74, 6) is 0. The second-order valence-corrected chi connectivity index (χ2v) is 3.53. The number of carbonyl (C=O) groups excluding carboxylic acids is 1. The minimum atomic E-state index is -0.377. The van der Waals surface area contributed by atoms with Crippen LogP contribution in [0.5, 0.6) is 5.19 Å². The van der Waals surface area contributed by atoms with Crippen molar-refractivity contribution >= 4 is 17.4 Å². The summed E-state index contributed by atoms with van der Waals surface area (Å²) in [7, 11) is 1.56. The van der Waals surface area contributed by atoms with Gasteiger partial charge in [-0.2, -0.15) is 0 Å². The number of rotatable bonds is 2. The Hall–Kier alpha value is -1.30. The van der Waals surface area contributed by atoms with Gasteiger partial charge in [0.1, 0.15) is 0 Å². The van der Waals surface area contributed by atoms with Crippen LogP contribution in [0.2, 0.25) is 0 Å². The molecule has 6 heteroatoms. The predicted octanol–water partition coefficient (Wildman–Crippen LogP) is 0.933. The van der Waals surface area contributed by atoms with E-state index < -0.39 is 0 Å². The van der Waals surface area contributed by atoms with Crippen LogP contribution >= 0.6 is 11.3 Å². The molecule has 2 rings (SSSR count). The van der Waals surface area contributed by atoms with Gasteiger partial charge in [0.2, 0.25) is 0 Å². The standard InChI is InChI=1S/C7H8N2O3S/c1-11-7-9-3-5(13-7)4-2-8-6(10)12-4/h3-4H,2H2,1H3,(H,8,10). The summed E-state index contributed by atoms with van der Waals surface area (Å²) in [6, 6.07) is 0. The average Bonchev–Trinajstić information content (AvgIpc) is 2.71. The molecule has 0 spiro atoms. The molecule has 5 nitrogen and oxygen atoms in total. The maximum absolute atomic E-state index is 10.7. The number of carbonyl (C=O) groups is 1. The molecule has 1 aliphatic heterocycles. The minimum Gasteiger partial charge on any atom is -0.473 e. The first-order valence-electron chi connectivity index (χ1n) is 3.74. The number of aromatic nitrogens is 1. The Morgan fingerprint density at radius 1 is 1.85 bits per heavy atom. The summed E-state index contributed by atoms with van der Waals surface area (Å²) in [6.45, 7) is 0.504. The van der Waals surface area contributed by atoms with Crippen molar-refractivity contribution < 1.29 is 14.3 Å². The van der Waals surface area contributed by atoms with Crippen molar-refractivity contribution in [2.75, 3.05) is 13.7 Å². The minimum absolute atomic E-state index is 0.214. The highest BCUT2D eigenvalue weighted by atomic mass is 32.1. The van der Waals surface area contributed by atoms with E-state index in [2.05, 4.69) is 10.3 Å². The number of nitrogens with one attached hydrogen (secondary N) is 1. The highest BCUT2D eigenvalue weighted by molar-refractivity contribution is 7.13. The third kappa shape index (κ3) is 1.57. The Kier molecular flexibility index (Phi) is 2.05. The van der Waals surface area contributed by atoms with Crippen molar-refractivity contribution in [1.29, 1.82) is 0 Å². The zero-order valence-electron chi connectivity index (χ0n) is 6.94. The van der Waals surface area contributed by atoms with E-state index in [-0.39, 0.29) is 12.2 Å². The van der Waals surface area contributed by atoms with Gasteiger partial charge in [-0.3, -0.25) is 0 Å². The van der Waals surface area contributed by atoms with E-state index in [1.807, 2.05) is 0 Å². The number of hydrogen-bond donors (Lipinski definition) is 1. The highest BCUT2D eigenvalue weighted by Crippen LogP contribution is 2.29. The molecule has 1 saturated heterocycles. The molecule has 1 atom stereocenters. The van der Waals surface area contributed by atoms with E-state index >= 15 is 0 Å². The first-order chi connectivity index (χ1) is 6.29. The van der Waals surface area contributed by atoms with Gasteiger partial charge in [0, 0.05) is 6.20 Å². The number of thiazole rings is 1. The smallest absolute Gasteiger partial charge is 0.407 e. The van der Waals surface area contributed by atoms with Crippen molar-refractivity contribution in [3.63, 3.8) is 0 Å². The monoisotopic (exact) mass is 200 g/mol. The van der Waals surface area contributed by atoms with E-state index in [1.165, 1.54) is 11.3 Å². The van der Waals surface area contributed by atoms with Crippen LogP contribution < -0.4 is 10.1 Å². The third-order valence-corrected chi connectivity index (χ3v) is 2.73. The summed E-state index contributed by atoms with van der Waals surface area (Å²) >= 11 is 1.38. The molecule has 0 aromatic carbocycles. The van der Waals surface area contributed by atoms with Crippen molar-refractivity contribution in [2.24, 2.45) is 0 Å². The molecule has 13 heavy (non-hydrogen) atoms. The molecule has 1 aromatic heterocycles. The van der Waals surface area contributed by atoms with Crippen LogP contribution in [0.3, 0.4) is 0 Å². The van der Waals surface area contributed by atoms with Gasteiger partial charge < -0.3 is 14.8 Å². The maximum Gasteiger partial charge on any atom is 0.407 e. The lowest BCUT2D eigenvalue weighted by Gasteiger charge is -2.01. The Morgan fingerprint density at radius 2 is 2.69 bits per heavy atom. The Morgan fingerprint density at radius 3 is 3.23 bits per heavy atom. The second-order valence-electron chi connectivity index (χ2n) is 2.51. The second kappa shape index (κ2) is 3.21. The number of hydrogen-bond acceptors (Lipinski definition) is 5. The van der Waals surface area contributed by atoms with Crippen molar-refractivity contribution in [2.45, 2.75) is 6.10 Å². The number of amides is 1. The normalized spacial score (nSPS) is 21.0. The zero-order chi connectivity index (χ0) is 9.26. The molecule has 1 fully saturated rings. The van der Waals surface area contributed by atoms with E-state index in [0.717, 1.165) is 4.88 Å². The lowest BCUT2D eigenvalue weighted by molar-refractivity contribution is 0.142. The Labute approximate surface area is 78.7 Å². The Bertz CT molecular complexity index is 325. The lowest BCUT2D eigenvalue weighted by Crippen LogP contribution is -2.12. The van der Waals surface area contributed by atoms with E-state index in [9.17, 15) is 4.79 Å². The van der Waals surface area contributed by atoms with Crippen LogP contribution in [0.4, 0.5) is 4.79 Å². The number of nitrogens with zero attached hydrogens (tertiary/aromatic N) is 1. The zero-order valence-corrected chi connectivity index (χ0v) is 7.76. The van der Waals surface area contributed by atoms with Gasteiger partial charge in [-0.15, -0.1) is 0 Å². The largest absolute Gasteiger partial charge is 0.473 e. The van der Waals surface area contributed by atoms with Crippen LogP contribution in [0.1, 0.15) is 11.0 Å². The number of alkyl carbamates (subject to hydrolysis) is 1. The van der Waals surface area contributed by atoms with Crippen LogP contribution in [0.15, 0.2) is 6.20 Å². The molecule has 0 radical (unpaired) electrons. The van der Waals surface area contributed by atoms with Gasteiger partial charge in [-0.05, 0) is 0 Å². The summed E-state index contributed by atoms with van der Waals surface area (Å²) in [5.41, 5.74) is 0. The van der Waals surface area contributed by atoms with E-state index in [0.29, 0.717) is 11.7 Å². The van der Waals surface area contributed by atoms with Crippen LogP contribution in [-0.2, 0) is 4.74 Å². The molecule has 1 N–H and O–H groups in total. The summed E-state index contributed by atoms with van der Waals surface area (Å²) in [6.07, 6.45) is 1.07. The van der Waals surface area contributed by atoms with E-state index in [1.54, 1.807) is 13.3 Å². The van der Waals surface area contributed by atoms with Gasteiger partial charge in [-0.1, -0.05) is 11.3 Å². The van der Waals surface area contributed by atoms with Gasteiger partial charge in [0.05, 0.1) is 18.5 Å². The van der Waals surface area contributed by atoms with Crippen molar-refractivity contribution in [1.82, 2.24) is 10.3 Å². The first kappa shape index (κ1) is 8.31.